The molecule has 0 saturated heterocycles. The SMILES string of the molecule is Cc1cc(NCc2ccnc(OC(C)(C)C)c2)ncc1[N+](=O)[O-]. The van der Waals surface area contributed by atoms with Crippen molar-refractivity contribution in [3.8, 4) is 5.88 Å². The Morgan fingerprint density at radius 2 is 2.04 bits per heavy atom. The van der Waals surface area contributed by atoms with Crippen molar-refractivity contribution < 1.29 is 9.66 Å². The second kappa shape index (κ2) is 6.60. The molecule has 122 valence electrons. The molecule has 2 heterocycles. The highest BCUT2D eigenvalue weighted by Gasteiger charge is 2.13. The van der Waals surface area contributed by atoms with Gasteiger partial charge in [-0.05, 0) is 45.4 Å². The smallest absolute Gasteiger partial charge is 0.290 e. The summed E-state index contributed by atoms with van der Waals surface area (Å²) in [7, 11) is 0. The van der Waals surface area contributed by atoms with Crippen LogP contribution >= 0.6 is 0 Å². The van der Waals surface area contributed by atoms with Crippen molar-refractivity contribution in [2.24, 2.45) is 0 Å². The number of nitrogens with one attached hydrogen (secondary N) is 1. The molecule has 0 aliphatic rings. The fourth-order valence-corrected chi connectivity index (χ4v) is 1.96. The predicted molar refractivity (Wildman–Crippen MR) is 87.6 cm³/mol. The molecule has 0 unspecified atom stereocenters. The van der Waals surface area contributed by atoms with Gasteiger partial charge in [-0.1, -0.05) is 0 Å². The molecule has 7 nitrogen and oxygen atoms in total. The molecule has 2 aromatic heterocycles. The Morgan fingerprint density at radius 3 is 2.65 bits per heavy atom. The number of aryl methyl sites for hydroxylation is 1. The minimum atomic E-state index is -0.439. The number of nitrogens with zero attached hydrogens (tertiary/aromatic N) is 3. The zero-order valence-electron chi connectivity index (χ0n) is 13.7. The maximum absolute atomic E-state index is 10.8. The zero-order chi connectivity index (χ0) is 17.0. The Balaban J connectivity index is 2.05. The molecule has 0 radical (unpaired) electrons. The summed E-state index contributed by atoms with van der Waals surface area (Å²) in [6.45, 7) is 8.09. The normalized spacial score (nSPS) is 11.1. The van der Waals surface area contributed by atoms with Crippen LogP contribution in [0.15, 0.2) is 30.6 Å². The van der Waals surface area contributed by atoms with Crippen molar-refractivity contribution in [2.45, 2.75) is 39.8 Å². The summed E-state index contributed by atoms with van der Waals surface area (Å²) < 4.78 is 5.73. The van der Waals surface area contributed by atoms with Gasteiger partial charge >= 0.3 is 0 Å². The highest BCUT2D eigenvalue weighted by Crippen LogP contribution is 2.20. The van der Waals surface area contributed by atoms with Crippen LogP contribution in [0.5, 0.6) is 5.88 Å². The summed E-state index contributed by atoms with van der Waals surface area (Å²) in [6.07, 6.45) is 2.95. The van der Waals surface area contributed by atoms with E-state index in [-0.39, 0.29) is 11.3 Å². The predicted octanol–water partition coefficient (Wildman–Crippen LogP) is 3.48. The molecule has 7 heteroatoms. The molecule has 0 fully saturated rings. The van der Waals surface area contributed by atoms with Crippen molar-refractivity contribution in [2.75, 3.05) is 5.32 Å². The number of anilines is 1. The first-order valence-corrected chi connectivity index (χ1v) is 7.23. The Hall–Kier alpha value is -2.70. The van der Waals surface area contributed by atoms with Crippen LogP contribution in [0.3, 0.4) is 0 Å². The minimum absolute atomic E-state index is 0.0142. The summed E-state index contributed by atoms with van der Waals surface area (Å²) >= 11 is 0. The van der Waals surface area contributed by atoms with E-state index >= 15 is 0 Å². The van der Waals surface area contributed by atoms with Gasteiger partial charge in [0.05, 0.1) is 4.92 Å². The van der Waals surface area contributed by atoms with E-state index in [1.54, 1.807) is 19.2 Å². The minimum Gasteiger partial charge on any atom is -0.472 e. The number of nitro groups is 1. The van der Waals surface area contributed by atoms with Crippen LogP contribution in [0.4, 0.5) is 11.5 Å². The molecule has 0 aliphatic heterocycles. The maximum Gasteiger partial charge on any atom is 0.290 e. The summed E-state index contributed by atoms with van der Waals surface area (Å²) in [5, 5.41) is 13.9. The highest BCUT2D eigenvalue weighted by molar-refractivity contribution is 5.47. The van der Waals surface area contributed by atoms with Crippen LogP contribution in [-0.4, -0.2) is 20.5 Å². The second-order valence-electron chi connectivity index (χ2n) is 6.18. The Morgan fingerprint density at radius 1 is 1.30 bits per heavy atom. The van der Waals surface area contributed by atoms with Crippen molar-refractivity contribution >= 4 is 11.5 Å². The lowest BCUT2D eigenvalue weighted by Gasteiger charge is -2.20. The van der Waals surface area contributed by atoms with Gasteiger partial charge in [-0.2, -0.15) is 0 Å². The molecule has 0 bridgehead atoms. The third-order valence-corrected chi connectivity index (χ3v) is 2.96. The standard InChI is InChI=1S/C16H20N4O3/c1-11-7-14(19-10-13(11)20(21)22)18-9-12-5-6-17-15(8-12)23-16(2,3)4/h5-8,10H,9H2,1-4H3,(H,18,19). The lowest BCUT2D eigenvalue weighted by Crippen LogP contribution is -2.23. The molecular formula is C16H20N4O3. The summed E-state index contributed by atoms with van der Waals surface area (Å²) in [5.41, 5.74) is 1.26. The van der Waals surface area contributed by atoms with Crippen LogP contribution in [-0.2, 0) is 6.54 Å². The van der Waals surface area contributed by atoms with Gasteiger partial charge < -0.3 is 10.1 Å². The largest absolute Gasteiger partial charge is 0.472 e. The number of aromatic nitrogens is 2. The molecule has 2 rings (SSSR count). The van der Waals surface area contributed by atoms with Gasteiger partial charge in [0.2, 0.25) is 5.88 Å². The third kappa shape index (κ3) is 4.91. The molecule has 0 aromatic carbocycles. The fraction of sp³-hybridized carbons (Fsp3) is 0.375. The second-order valence-corrected chi connectivity index (χ2v) is 6.18. The number of pyridine rings is 2. The van der Waals surface area contributed by atoms with Crippen molar-refractivity contribution in [3.63, 3.8) is 0 Å². The molecule has 2 aromatic rings. The van der Waals surface area contributed by atoms with Gasteiger partial charge in [0.15, 0.2) is 0 Å². The summed E-state index contributed by atoms with van der Waals surface area (Å²) in [6, 6.07) is 5.39. The first-order chi connectivity index (χ1) is 10.7. The van der Waals surface area contributed by atoms with E-state index in [4.69, 9.17) is 4.74 Å². The maximum atomic E-state index is 10.8. The van der Waals surface area contributed by atoms with Crippen molar-refractivity contribution in [3.05, 3.63) is 51.8 Å². The van der Waals surface area contributed by atoms with Gasteiger partial charge in [-0.25, -0.2) is 9.97 Å². The Labute approximate surface area is 134 Å². The van der Waals surface area contributed by atoms with Crippen LogP contribution in [0, 0.1) is 17.0 Å². The van der Waals surface area contributed by atoms with E-state index in [1.165, 1.54) is 6.20 Å². The number of ether oxygens (including phenoxy) is 1. The van der Waals surface area contributed by atoms with Gasteiger partial charge in [-0.15, -0.1) is 0 Å². The van der Waals surface area contributed by atoms with Crippen molar-refractivity contribution in [1.82, 2.24) is 9.97 Å². The fourth-order valence-electron chi connectivity index (χ4n) is 1.96. The zero-order valence-corrected chi connectivity index (χ0v) is 13.7. The quantitative estimate of drug-likeness (QED) is 0.671. The van der Waals surface area contributed by atoms with Crippen LogP contribution in [0.25, 0.3) is 0 Å². The van der Waals surface area contributed by atoms with E-state index in [9.17, 15) is 10.1 Å². The molecule has 0 spiro atoms. The average Bonchev–Trinajstić information content (AvgIpc) is 2.43. The van der Waals surface area contributed by atoms with Gasteiger partial charge in [0.25, 0.3) is 5.69 Å². The number of hydrogen-bond donors (Lipinski definition) is 1. The van der Waals surface area contributed by atoms with E-state index in [0.717, 1.165) is 5.56 Å². The average molecular weight is 316 g/mol. The van der Waals surface area contributed by atoms with E-state index in [2.05, 4.69) is 15.3 Å². The highest BCUT2D eigenvalue weighted by atomic mass is 16.6. The molecule has 0 aliphatic carbocycles. The summed E-state index contributed by atoms with van der Waals surface area (Å²) in [4.78, 5) is 18.6. The Kier molecular flexibility index (Phi) is 4.78. The number of rotatable bonds is 5. The molecule has 1 N–H and O–H groups in total. The van der Waals surface area contributed by atoms with Crippen LogP contribution < -0.4 is 10.1 Å². The molecule has 23 heavy (non-hydrogen) atoms. The van der Waals surface area contributed by atoms with Gasteiger partial charge in [-0.3, -0.25) is 10.1 Å². The van der Waals surface area contributed by atoms with Gasteiger partial charge in [0.1, 0.15) is 17.6 Å². The monoisotopic (exact) mass is 316 g/mol. The van der Waals surface area contributed by atoms with E-state index in [0.29, 0.717) is 23.8 Å². The lowest BCUT2D eigenvalue weighted by molar-refractivity contribution is -0.385. The third-order valence-electron chi connectivity index (χ3n) is 2.96. The van der Waals surface area contributed by atoms with E-state index < -0.39 is 4.92 Å². The lowest BCUT2D eigenvalue weighted by atomic mass is 10.2. The van der Waals surface area contributed by atoms with Gasteiger partial charge in [0, 0.05) is 24.4 Å². The first kappa shape index (κ1) is 16.7. The van der Waals surface area contributed by atoms with E-state index in [1.807, 2.05) is 32.9 Å². The topological polar surface area (TPSA) is 90.2 Å². The van der Waals surface area contributed by atoms with Crippen LogP contribution in [0.1, 0.15) is 31.9 Å². The molecule has 0 saturated carbocycles. The molecule has 0 amide bonds. The first-order valence-electron chi connectivity index (χ1n) is 7.23. The molecular weight excluding hydrogens is 296 g/mol. The van der Waals surface area contributed by atoms with Crippen molar-refractivity contribution in [1.29, 1.82) is 0 Å². The number of hydrogen-bond acceptors (Lipinski definition) is 6. The van der Waals surface area contributed by atoms with Crippen LogP contribution in [0.2, 0.25) is 0 Å². The molecule has 0 atom stereocenters. The summed E-state index contributed by atoms with van der Waals surface area (Å²) in [5.74, 6) is 1.15. The Bertz CT molecular complexity index is 711.